The lowest BCUT2D eigenvalue weighted by molar-refractivity contribution is -0.123. The zero-order chi connectivity index (χ0) is 19.0. The van der Waals surface area contributed by atoms with Crippen LogP contribution in [0.25, 0.3) is 0 Å². The molecule has 0 aromatic heterocycles. The van der Waals surface area contributed by atoms with E-state index in [2.05, 4.69) is 31.2 Å². The Hall–Kier alpha value is -3.20. The zero-order valence-electron chi connectivity index (χ0n) is 15.5. The van der Waals surface area contributed by atoms with E-state index in [1.165, 1.54) is 27.2 Å². The summed E-state index contributed by atoms with van der Waals surface area (Å²) in [6, 6.07) is 26.0. The van der Waals surface area contributed by atoms with Gasteiger partial charge in [-0.15, -0.1) is 0 Å². The minimum atomic E-state index is -0.497. The van der Waals surface area contributed by atoms with Crippen molar-refractivity contribution in [2.75, 3.05) is 4.90 Å². The third-order valence-electron chi connectivity index (χ3n) is 7.06. The average Bonchev–Trinajstić information content (AvgIpc) is 3.01. The summed E-state index contributed by atoms with van der Waals surface area (Å²) in [5.41, 5.74) is 4.94. The number of nitrogens with zero attached hydrogens (tertiary/aromatic N) is 1. The first kappa shape index (κ1) is 15.8. The highest BCUT2D eigenvalue weighted by atomic mass is 16.2. The molecule has 1 saturated heterocycles. The number of para-hydroxylation sites is 1. The van der Waals surface area contributed by atoms with Gasteiger partial charge in [0.2, 0.25) is 11.8 Å². The molecule has 3 nitrogen and oxygen atoms in total. The Morgan fingerprint density at radius 2 is 1.25 bits per heavy atom. The Balaban J connectivity index is 1.64. The molecule has 1 aliphatic heterocycles. The van der Waals surface area contributed by atoms with Gasteiger partial charge in [0, 0.05) is 11.3 Å². The van der Waals surface area contributed by atoms with Crippen LogP contribution in [-0.4, -0.2) is 11.8 Å². The molecule has 1 heterocycles. The topological polar surface area (TPSA) is 37.4 Å². The van der Waals surface area contributed by atoms with Crippen molar-refractivity contribution >= 4 is 17.5 Å². The van der Waals surface area contributed by atoms with Gasteiger partial charge in [-0.2, -0.15) is 0 Å². The van der Waals surface area contributed by atoms with Gasteiger partial charge in [-0.1, -0.05) is 73.7 Å². The van der Waals surface area contributed by atoms with E-state index < -0.39 is 5.41 Å². The molecule has 0 unspecified atom stereocenters. The van der Waals surface area contributed by atoms with Crippen LogP contribution in [0.3, 0.4) is 0 Å². The number of benzene rings is 3. The fourth-order valence-corrected chi connectivity index (χ4v) is 5.98. The van der Waals surface area contributed by atoms with Crippen molar-refractivity contribution in [2.24, 2.45) is 11.8 Å². The predicted molar refractivity (Wildman–Crippen MR) is 107 cm³/mol. The van der Waals surface area contributed by atoms with Gasteiger partial charge in [0.1, 0.15) is 0 Å². The van der Waals surface area contributed by atoms with Gasteiger partial charge in [-0.05, 0) is 34.4 Å². The molecule has 2 atom stereocenters. The quantitative estimate of drug-likeness (QED) is 0.605. The first-order chi connectivity index (χ1) is 13.6. The second kappa shape index (κ2) is 5.20. The second-order valence-corrected chi connectivity index (χ2v) is 8.21. The van der Waals surface area contributed by atoms with E-state index in [-0.39, 0.29) is 29.6 Å². The van der Waals surface area contributed by atoms with E-state index in [4.69, 9.17) is 0 Å². The number of hydrogen-bond donors (Lipinski definition) is 0. The van der Waals surface area contributed by atoms with Crippen LogP contribution in [0.5, 0.6) is 0 Å². The number of rotatable bonds is 1. The Morgan fingerprint density at radius 3 is 1.86 bits per heavy atom. The van der Waals surface area contributed by atoms with Crippen molar-refractivity contribution in [3.63, 3.8) is 0 Å². The number of carbonyl (C=O) groups excluding carboxylic acids is 2. The SMILES string of the molecule is CC12c3ccccc3C(c3ccccc31)[C@H]1C(=O)N(c3ccccc3)C(=O)[C@@H]12. The van der Waals surface area contributed by atoms with E-state index in [9.17, 15) is 9.59 Å². The number of imide groups is 1. The van der Waals surface area contributed by atoms with Gasteiger partial charge in [-0.3, -0.25) is 9.59 Å². The Kier molecular flexibility index (Phi) is 2.94. The van der Waals surface area contributed by atoms with Crippen LogP contribution >= 0.6 is 0 Å². The molecule has 3 aromatic carbocycles. The van der Waals surface area contributed by atoms with Gasteiger partial charge < -0.3 is 0 Å². The molecule has 3 heteroatoms. The molecule has 1 fully saturated rings. The van der Waals surface area contributed by atoms with Crippen LogP contribution in [0.2, 0.25) is 0 Å². The molecule has 3 aliphatic carbocycles. The fraction of sp³-hybridized carbons (Fsp3) is 0.200. The van der Waals surface area contributed by atoms with Crippen molar-refractivity contribution < 1.29 is 9.59 Å². The second-order valence-electron chi connectivity index (χ2n) is 8.21. The third-order valence-corrected chi connectivity index (χ3v) is 7.06. The van der Waals surface area contributed by atoms with Gasteiger partial charge in [0.05, 0.1) is 17.5 Å². The average molecular weight is 365 g/mol. The van der Waals surface area contributed by atoms with Crippen molar-refractivity contribution in [3.05, 3.63) is 101 Å². The molecule has 2 amide bonds. The maximum absolute atomic E-state index is 13.7. The molecule has 2 bridgehead atoms. The minimum absolute atomic E-state index is 0.0654. The van der Waals surface area contributed by atoms with Crippen LogP contribution in [0.4, 0.5) is 5.69 Å². The number of anilines is 1. The van der Waals surface area contributed by atoms with Crippen LogP contribution in [0.1, 0.15) is 35.1 Å². The number of carbonyl (C=O) groups is 2. The van der Waals surface area contributed by atoms with Crippen LogP contribution in [0, 0.1) is 11.8 Å². The molecule has 0 radical (unpaired) electrons. The molecule has 3 aromatic rings. The van der Waals surface area contributed by atoms with Gasteiger partial charge in [-0.25, -0.2) is 4.90 Å². The Labute approximate surface area is 163 Å². The summed E-state index contributed by atoms with van der Waals surface area (Å²) in [6.45, 7) is 2.15. The highest BCUT2D eigenvalue weighted by Crippen LogP contribution is 2.64. The van der Waals surface area contributed by atoms with E-state index >= 15 is 0 Å². The summed E-state index contributed by atoms with van der Waals surface area (Å²) in [7, 11) is 0. The number of hydrogen-bond acceptors (Lipinski definition) is 2. The molecule has 7 rings (SSSR count). The van der Waals surface area contributed by atoms with Crippen LogP contribution in [-0.2, 0) is 15.0 Å². The van der Waals surface area contributed by atoms with Gasteiger partial charge in [0.15, 0.2) is 0 Å². The monoisotopic (exact) mass is 365 g/mol. The smallest absolute Gasteiger partial charge is 0.238 e. The predicted octanol–water partition coefficient (Wildman–Crippen LogP) is 4.26. The van der Waals surface area contributed by atoms with Gasteiger partial charge in [0.25, 0.3) is 0 Å². The van der Waals surface area contributed by atoms with Gasteiger partial charge >= 0.3 is 0 Å². The van der Waals surface area contributed by atoms with Crippen molar-refractivity contribution in [1.29, 1.82) is 0 Å². The highest BCUT2D eigenvalue weighted by molar-refractivity contribution is 6.23. The lowest BCUT2D eigenvalue weighted by atomic mass is 9.48. The molecule has 4 aliphatic rings. The van der Waals surface area contributed by atoms with Crippen molar-refractivity contribution in [2.45, 2.75) is 18.3 Å². The number of amides is 2. The van der Waals surface area contributed by atoms with E-state index in [1.807, 2.05) is 54.6 Å². The van der Waals surface area contributed by atoms with Crippen LogP contribution < -0.4 is 4.90 Å². The van der Waals surface area contributed by atoms with E-state index in [1.54, 1.807) is 0 Å². The Bertz CT molecular complexity index is 1100. The summed E-state index contributed by atoms with van der Waals surface area (Å²) < 4.78 is 0. The summed E-state index contributed by atoms with van der Waals surface area (Å²) in [5.74, 6) is -0.916. The summed E-state index contributed by atoms with van der Waals surface area (Å²) in [6.07, 6.45) is 0. The van der Waals surface area contributed by atoms with E-state index in [0.29, 0.717) is 5.69 Å². The molecule has 0 N–H and O–H groups in total. The molecule has 0 spiro atoms. The first-order valence-corrected chi connectivity index (χ1v) is 9.75. The molecule has 136 valence electrons. The third kappa shape index (κ3) is 1.66. The standard InChI is InChI=1S/C25H19NO2/c1-25-18-13-7-5-11-16(18)20(17-12-6-8-14-19(17)25)21-22(25)24(28)26(23(21)27)15-9-3-2-4-10-15/h2-14,20-22H,1H3/t20?,21-,22-,25?/m1/s1. The van der Waals surface area contributed by atoms with Crippen LogP contribution in [0.15, 0.2) is 78.9 Å². The molecular formula is C25H19NO2. The highest BCUT2D eigenvalue weighted by Gasteiger charge is 2.66. The lowest BCUT2D eigenvalue weighted by Gasteiger charge is -2.52. The maximum atomic E-state index is 13.7. The lowest BCUT2D eigenvalue weighted by Crippen LogP contribution is -2.51. The largest absolute Gasteiger partial charge is 0.274 e. The first-order valence-electron chi connectivity index (χ1n) is 9.75. The zero-order valence-corrected chi connectivity index (χ0v) is 15.5. The maximum Gasteiger partial charge on any atom is 0.238 e. The van der Waals surface area contributed by atoms with Crippen molar-refractivity contribution in [3.8, 4) is 0 Å². The Morgan fingerprint density at radius 1 is 0.714 bits per heavy atom. The minimum Gasteiger partial charge on any atom is -0.274 e. The summed E-state index contributed by atoms with van der Waals surface area (Å²) >= 11 is 0. The van der Waals surface area contributed by atoms with Crippen molar-refractivity contribution in [1.82, 2.24) is 0 Å². The normalized spacial score (nSPS) is 29.5. The summed E-state index contributed by atoms with van der Waals surface area (Å²) in [4.78, 5) is 28.7. The van der Waals surface area contributed by atoms with E-state index in [0.717, 1.165) is 0 Å². The molecule has 0 saturated carbocycles. The molecular weight excluding hydrogens is 346 g/mol. The molecule has 28 heavy (non-hydrogen) atoms. The summed E-state index contributed by atoms with van der Waals surface area (Å²) in [5, 5.41) is 0. The fourth-order valence-electron chi connectivity index (χ4n) is 5.98.